The molecule has 0 aliphatic carbocycles. The summed E-state index contributed by atoms with van der Waals surface area (Å²) in [6.07, 6.45) is 2.13. The van der Waals surface area contributed by atoms with Gasteiger partial charge in [-0.3, -0.25) is 76.9 Å². The molecule has 0 aliphatic heterocycles. The van der Waals surface area contributed by atoms with Crippen LogP contribution in [-0.2, 0) is 106 Å². The Kier molecular flexibility index (Phi) is 49.2. The third-order valence-corrected chi connectivity index (χ3v) is 19.8. The zero-order valence-electron chi connectivity index (χ0n) is 68.4. The number of nitrogens with zero attached hydrogens (tertiary/aromatic N) is 3. The summed E-state index contributed by atoms with van der Waals surface area (Å²) in [6, 6.07) is 13.7. The van der Waals surface area contributed by atoms with E-state index in [1.54, 1.807) is 54.6 Å². The van der Waals surface area contributed by atoms with E-state index in [9.17, 15) is 112 Å². The number of aromatic nitrogens is 4. The number of aromatic amines is 1. The SMILES string of the molecule is N[C@@H](CNC(=O)[C@@H](CC(=O)[C@H](Cc1ccccc1)NC(=O)CCCCCCCCC(=O)CC[C@H](NC(=O)NCCCC(=O)O)C(=O)O)Cc1ccccc1)C(=O)N[C@@H](CC(=O)O)C(=O)C[C@@H](CS)C(=O)O.Nc1nc2ncc(CNc3ccc(C(=O)N[C@H](CCC(=O)CC[C@H](N)C(=O)C[C@@H](CC(=O)O)C(=O)N[C@@H](CS)C(=O)O)C(=O)O)cc3)nc2c(=O)[nH]1.O=C=O. The fraction of sp³-hybridized carbons (Fsp3) is 0.469. The lowest BCUT2D eigenvalue weighted by Crippen LogP contribution is -2.53. The molecular weight excluding hydrogens is 1700 g/mol. The zero-order valence-corrected chi connectivity index (χ0v) is 70.2. The summed E-state index contributed by atoms with van der Waals surface area (Å²) in [6.45, 7) is -0.248. The fourth-order valence-corrected chi connectivity index (χ4v) is 12.6. The maximum Gasteiger partial charge on any atom is 0.373 e. The summed E-state index contributed by atoms with van der Waals surface area (Å²) < 4.78 is 0. The molecule has 0 bridgehead atoms. The second-order valence-corrected chi connectivity index (χ2v) is 29.6. The minimum atomic E-state index is -1.60. The molecule has 45 heteroatoms. The maximum absolute atomic E-state index is 14.1. The molecule has 0 radical (unpaired) electrons. The number of carboxylic acid groups (broad SMARTS) is 7. The van der Waals surface area contributed by atoms with Gasteiger partial charge in [0.05, 0.1) is 61.2 Å². The van der Waals surface area contributed by atoms with Crippen molar-refractivity contribution in [2.75, 3.05) is 35.6 Å². The Hall–Kier alpha value is -13.3. The number of ketones is 5. The number of fused-ring (bicyclic) bond motifs is 1. The summed E-state index contributed by atoms with van der Waals surface area (Å²) in [7, 11) is 0. The van der Waals surface area contributed by atoms with Crippen molar-refractivity contribution >= 4 is 160 Å². The molecule has 0 fully saturated rings. The highest BCUT2D eigenvalue weighted by molar-refractivity contribution is 7.80. The summed E-state index contributed by atoms with van der Waals surface area (Å²) >= 11 is 7.74. The van der Waals surface area contributed by atoms with Gasteiger partial charge in [0, 0.05) is 99.6 Å². The van der Waals surface area contributed by atoms with E-state index in [2.05, 4.69) is 87.7 Å². The van der Waals surface area contributed by atoms with Crippen molar-refractivity contribution in [3.8, 4) is 0 Å². The minimum absolute atomic E-state index is 0.0136. The van der Waals surface area contributed by atoms with Crippen LogP contribution >= 0.6 is 25.3 Å². The highest BCUT2D eigenvalue weighted by Crippen LogP contribution is 2.21. The van der Waals surface area contributed by atoms with E-state index in [0.29, 0.717) is 30.6 Å². The van der Waals surface area contributed by atoms with Gasteiger partial charge in [-0.15, -0.1) is 0 Å². The lowest BCUT2D eigenvalue weighted by molar-refractivity contribution is -0.192. The van der Waals surface area contributed by atoms with Gasteiger partial charge in [0.2, 0.25) is 29.6 Å². The number of Topliss-reactive ketones (excluding diaryl/α,β-unsaturated/α-hetero) is 5. The van der Waals surface area contributed by atoms with Crippen LogP contribution in [0.4, 0.5) is 16.4 Å². The van der Waals surface area contributed by atoms with E-state index in [1.807, 2.05) is 18.2 Å². The molecule has 22 N–H and O–H groups in total. The van der Waals surface area contributed by atoms with Gasteiger partial charge in [0.1, 0.15) is 41.5 Å². The third-order valence-electron chi connectivity index (χ3n) is 19.0. The number of aliphatic carboxylic acids is 7. The van der Waals surface area contributed by atoms with Crippen molar-refractivity contribution in [2.24, 2.45) is 29.2 Å². The number of nitrogen functional groups attached to an aromatic ring is 1. The van der Waals surface area contributed by atoms with Gasteiger partial charge in [-0.2, -0.15) is 39.8 Å². The summed E-state index contributed by atoms with van der Waals surface area (Å²) in [5.41, 5.74) is 19.6. The fourth-order valence-electron chi connectivity index (χ4n) is 12.1. The number of unbranched alkanes of at least 4 members (excludes halogenated alkanes) is 5. The molecule has 0 saturated carbocycles. The zero-order chi connectivity index (χ0) is 94.0. The second-order valence-electron chi connectivity index (χ2n) is 28.9. The lowest BCUT2D eigenvalue weighted by Gasteiger charge is -2.23. The Morgan fingerprint density at radius 2 is 0.984 bits per heavy atom. The number of nitrogens with one attached hydrogen (secondary N) is 9. The van der Waals surface area contributed by atoms with E-state index >= 15 is 0 Å². The van der Waals surface area contributed by atoms with Gasteiger partial charge in [-0.05, 0) is 86.8 Å². The molecule has 0 saturated heterocycles. The first-order valence-electron chi connectivity index (χ1n) is 39.6. The second kappa shape index (κ2) is 58.0. The number of carboxylic acids is 7. The van der Waals surface area contributed by atoms with E-state index in [-0.39, 0.29) is 149 Å². The van der Waals surface area contributed by atoms with Gasteiger partial charge in [0.25, 0.3) is 11.5 Å². The van der Waals surface area contributed by atoms with Crippen LogP contribution < -0.4 is 65.3 Å². The minimum Gasteiger partial charge on any atom is -0.481 e. The Morgan fingerprint density at radius 3 is 1.54 bits per heavy atom. The van der Waals surface area contributed by atoms with Gasteiger partial charge < -0.3 is 95.5 Å². The molecule has 5 rings (SSSR count). The van der Waals surface area contributed by atoms with Gasteiger partial charge >= 0.3 is 54.0 Å². The molecule has 2 aromatic heterocycles. The molecule has 684 valence electrons. The number of H-pyrrole nitrogens is 1. The van der Waals surface area contributed by atoms with E-state index < -0.39 is 192 Å². The molecule has 0 aliphatic rings. The quantitative estimate of drug-likeness (QED) is 0.0192. The van der Waals surface area contributed by atoms with Crippen molar-refractivity contribution in [3.63, 3.8) is 0 Å². The molecule has 0 spiro atoms. The van der Waals surface area contributed by atoms with Crippen molar-refractivity contribution in [1.29, 1.82) is 0 Å². The van der Waals surface area contributed by atoms with Crippen LogP contribution in [0.3, 0.4) is 0 Å². The molecule has 0 unspecified atom stereocenters. The van der Waals surface area contributed by atoms with Gasteiger partial charge in [-0.25, -0.2) is 29.1 Å². The average molecular weight is 1800 g/mol. The highest BCUT2D eigenvalue weighted by Gasteiger charge is 2.35. The molecule has 43 nitrogen and oxygen atoms in total. The first-order valence-corrected chi connectivity index (χ1v) is 40.9. The number of carbonyl (C=O) groups is 18. The molecule has 2 heterocycles. The van der Waals surface area contributed by atoms with Crippen molar-refractivity contribution in [3.05, 3.63) is 124 Å². The molecular formula is C81H105N15O28S2. The number of thiol groups is 2. The first kappa shape index (κ1) is 107. The van der Waals surface area contributed by atoms with E-state index in [1.165, 1.54) is 18.3 Å². The smallest absolute Gasteiger partial charge is 0.373 e. The normalized spacial score (nSPS) is 13.1. The predicted molar refractivity (Wildman–Crippen MR) is 451 cm³/mol. The van der Waals surface area contributed by atoms with Crippen molar-refractivity contribution in [2.45, 2.75) is 197 Å². The number of nitrogens with two attached hydrogens (primary N) is 3. The summed E-state index contributed by atoms with van der Waals surface area (Å²) in [4.78, 5) is 264. The number of amides is 7. The van der Waals surface area contributed by atoms with Crippen LogP contribution in [0.2, 0.25) is 0 Å². The Morgan fingerprint density at radius 1 is 0.460 bits per heavy atom. The number of benzene rings is 3. The number of rotatable bonds is 59. The topological polar surface area (TPSA) is 729 Å². The Labute approximate surface area is 731 Å². The van der Waals surface area contributed by atoms with Crippen molar-refractivity contribution < 1.29 is 132 Å². The van der Waals surface area contributed by atoms with Crippen LogP contribution in [0.5, 0.6) is 0 Å². The van der Waals surface area contributed by atoms with Crippen LogP contribution in [0.25, 0.3) is 11.2 Å². The first-order chi connectivity index (χ1) is 59.8. The highest BCUT2D eigenvalue weighted by atomic mass is 32.1. The lowest BCUT2D eigenvalue weighted by atomic mass is 9.89. The van der Waals surface area contributed by atoms with Crippen LogP contribution in [0, 0.1) is 17.8 Å². The monoisotopic (exact) mass is 1800 g/mol. The number of anilines is 2. The van der Waals surface area contributed by atoms with Crippen LogP contribution in [0.15, 0.2) is 95.9 Å². The third kappa shape index (κ3) is 42.7. The largest absolute Gasteiger partial charge is 0.481 e. The Bertz CT molecular complexity index is 4660. The molecule has 3 aromatic carbocycles. The summed E-state index contributed by atoms with van der Waals surface area (Å²) in [5, 5.41) is 84.6. The Balaban J connectivity index is 0.000000658. The average Bonchev–Trinajstić information content (AvgIpc) is 0.809. The molecule has 5 aromatic rings. The number of hydrogen-bond acceptors (Lipinski definition) is 30. The van der Waals surface area contributed by atoms with E-state index in [4.69, 9.17) is 42.1 Å². The molecule has 126 heavy (non-hydrogen) atoms. The predicted octanol–water partition coefficient (Wildman–Crippen LogP) is 1.13. The van der Waals surface area contributed by atoms with Gasteiger partial charge in [-0.1, -0.05) is 86.3 Å². The summed E-state index contributed by atoms with van der Waals surface area (Å²) in [5.74, 6) is -19.7. The number of hydrogen-bond donors (Lipinski definition) is 21. The maximum atomic E-state index is 14.1. The standard InChI is InChI=1S/C49H68N6O15S.C31H37N9O11S.CO2/c50-36(46(65)54-39(28-44(62)63)41(58)27-34(30-71)47(66)67)29-52-45(64)33(24-31-14-7-5-8-15-31)26-40(57)38(25-32-16-9-6-10-17-32)53-42(59)19-12-4-2-1-3-11-18-35(56)21-22-37(48(68)69)55-49(70)51-23-13-20-43(60)61;32-19(22(42)9-15(10-23(43)44)27(46)38-21(13-52)30(50)51)7-5-18(41)6-8-20(29(48)49)37-26(45)14-1-3-16(4-2-14)34-11-17-12-35-25-24(36-17)28(47)40-31(33)39-25;2-1-3/h5-10,14-17,33-34,36-39,71H,1-4,11-13,18-30,50H2,(H,52,64)(H,53,59)(H,54,65)(H,60,61)(H,62,63)(H,66,67)(H,68,69)(H2,51,55,70);1-4,12,15,19-21,34,52H,5-11,13,32H2,(H,37,45)(H,38,46)(H,43,44)(H,48,49)(H,50,51)(H3,33,35,39,40,47);/t33-,34+,36+,37+,38+,39+;15-,19-,20+,21-;/m10./s1. The van der Waals surface area contributed by atoms with Crippen LogP contribution in [0.1, 0.15) is 162 Å². The van der Waals surface area contributed by atoms with Gasteiger partial charge in [0.15, 0.2) is 22.7 Å². The molecule has 10 atom stereocenters. The van der Waals surface area contributed by atoms with Crippen molar-refractivity contribution in [1.82, 2.24) is 57.2 Å². The number of urea groups is 1. The number of carbonyl (C=O) groups excluding carboxylic acids is 13. The molecule has 7 amide bonds. The van der Waals surface area contributed by atoms with Crippen LogP contribution in [-0.4, -0.2) is 235 Å². The van der Waals surface area contributed by atoms with E-state index in [0.717, 1.165) is 30.4 Å².